The number of hydrogen-bond acceptors (Lipinski definition) is 3. The molecule has 3 nitrogen and oxygen atoms in total. The van der Waals surface area contributed by atoms with Crippen LogP contribution in [0, 0.1) is 5.92 Å². The summed E-state index contributed by atoms with van der Waals surface area (Å²) in [4.78, 5) is 11.1. The van der Waals surface area contributed by atoms with Crippen molar-refractivity contribution in [3.63, 3.8) is 0 Å². The Balaban J connectivity index is 2.34. The van der Waals surface area contributed by atoms with E-state index in [1.165, 1.54) is 12.7 Å². The minimum Gasteiger partial charge on any atom is -0.469 e. The van der Waals surface area contributed by atoms with Gasteiger partial charge in [-0.05, 0) is 24.3 Å². The van der Waals surface area contributed by atoms with Gasteiger partial charge in [0.25, 0.3) is 0 Å². The molecule has 1 aromatic carbocycles. The van der Waals surface area contributed by atoms with Crippen molar-refractivity contribution in [3.8, 4) is 0 Å². The molecule has 0 aliphatic rings. The van der Waals surface area contributed by atoms with Crippen molar-refractivity contribution < 1.29 is 9.53 Å². The molecule has 2 N–H and O–H groups in total. The van der Waals surface area contributed by atoms with Crippen LogP contribution in [0.3, 0.4) is 0 Å². The molecule has 0 amide bonds. The lowest BCUT2D eigenvalue weighted by Crippen LogP contribution is -2.27. The van der Waals surface area contributed by atoms with Gasteiger partial charge in [0.1, 0.15) is 0 Å². The molecule has 17 heavy (non-hydrogen) atoms. The van der Waals surface area contributed by atoms with E-state index >= 15 is 0 Å². The van der Waals surface area contributed by atoms with E-state index in [0.29, 0.717) is 12.3 Å². The predicted octanol–water partition coefficient (Wildman–Crippen LogP) is 2.15. The van der Waals surface area contributed by atoms with Crippen LogP contribution in [-0.4, -0.2) is 19.1 Å². The summed E-state index contributed by atoms with van der Waals surface area (Å²) in [5.41, 5.74) is 7.21. The summed E-state index contributed by atoms with van der Waals surface area (Å²) in [6.07, 6.45) is 2.13. The molecule has 94 valence electrons. The Kier molecular flexibility index (Phi) is 5.70. The van der Waals surface area contributed by atoms with Gasteiger partial charge in [0.05, 0.1) is 13.5 Å². The van der Waals surface area contributed by atoms with Gasteiger partial charge in [-0.3, -0.25) is 4.79 Å². The molecular formula is C14H21NO2. The fourth-order valence-corrected chi connectivity index (χ4v) is 2.00. The van der Waals surface area contributed by atoms with E-state index in [1.54, 1.807) is 0 Å². The topological polar surface area (TPSA) is 52.3 Å². The first-order chi connectivity index (χ1) is 8.11. The molecule has 3 heteroatoms. The van der Waals surface area contributed by atoms with E-state index in [2.05, 4.69) is 23.8 Å². The number of ether oxygens (including phenoxy) is 1. The summed E-state index contributed by atoms with van der Waals surface area (Å²) in [5.74, 6) is 0.237. The molecule has 0 fully saturated rings. The summed E-state index contributed by atoms with van der Waals surface area (Å²) < 4.78 is 4.60. The Hall–Kier alpha value is -1.35. The lowest BCUT2D eigenvalue weighted by atomic mass is 9.93. The fourth-order valence-electron chi connectivity index (χ4n) is 2.00. The van der Waals surface area contributed by atoms with E-state index in [9.17, 15) is 4.79 Å². The van der Waals surface area contributed by atoms with Gasteiger partial charge >= 0.3 is 5.97 Å². The van der Waals surface area contributed by atoms with Crippen LogP contribution >= 0.6 is 0 Å². The quantitative estimate of drug-likeness (QED) is 0.769. The Labute approximate surface area is 103 Å². The molecule has 1 aromatic rings. The van der Waals surface area contributed by atoms with Crippen LogP contribution in [0.1, 0.15) is 25.3 Å². The normalized spacial score (nSPS) is 14.1. The maximum Gasteiger partial charge on any atom is 0.307 e. The lowest BCUT2D eigenvalue weighted by molar-refractivity contribution is -0.141. The van der Waals surface area contributed by atoms with Gasteiger partial charge in [0.2, 0.25) is 0 Å². The van der Waals surface area contributed by atoms with Crippen LogP contribution in [0.4, 0.5) is 0 Å². The van der Waals surface area contributed by atoms with Crippen LogP contribution in [-0.2, 0) is 16.0 Å². The van der Waals surface area contributed by atoms with Gasteiger partial charge in [-0.1, -0.05) is 37.3 Å². The van der Waals surface area contributed by atoms with Gasteiger partial charge in [-0.25, -0.2) is 0 Å². The van der Waals surface area contributed by atoms with Crippen LogP contribution in [0.5, 0.6) is 0 Å². The summed E-state index contributed by atoms with van der Waals surface area (Å²) in [5, 5.41) is 0. The predicted molar refractivity (Wildman–Crippen MR) is 68.5 cm³/mol. The van der Waals surface area contributed by atoms with Gasteiger partial charge < -0.3 is 10.5 Å². The van der Waals surface area contributed by atoms with Gasteiger partial charge in [-0.2, -0.15) is 0 Å². The Morgan fingerprint density at radius 1 is 1.35 bits per heavy atom. The third kappa shape index (κ3) is 5.50. The second-order valence-corrected chi connectivity index (χ2v) is 4.57. The maximum absolute atomic E-state index is 11.1. The fraction of sp³-hybridized carbons (Fsp3) is 0.500. The number of nitrogens with two attached hydrogens (primary N) is 1. The SMILES string of the molecule is COC(=O)CC(N)CC(C)Cc1ccccc1. The number of rotatable bonds is 6. The smallest absolute Gasteiger partial charge is 0.307 e. The Bertz CT molecular complexity index is 337. The zero-order valence-corrected chi connectivity index (χ0v) is 10.6. The minimum atomic E-state index is -0.232. The lowest BCUT2D eigenvalue weighted by Gasteiger charge is -2.16. The molecule has 0 heterocycles. The van der Waals surface area contributed by atoms with Crippen LogP contribution in [0.25, 0.3) is 0 Å². The van der Waals surface area contributed by atoms with Crippen LogP contribution < -0.4 is 5.73 Å². The molecule has 0 saturated heterocycles. The standard InChI is InChI=1S/C14H21NO2/c1-11(8-12-6-4-3-5-7-12)9-13(15)10-14(16)17-2/h3-7,11,13H,8-10,15H2,1-2H3. The first-order valence-electron chi connectivity index (χ1n) is 5.98. The molecule has 0 bridgehead atoms. The van der Waals surface area contributed by atoms with Crippen molar-refractivity contribution in [1.29, 1.82) is 0 Å². The average Bonchev–Trinajstić information content (AvgIpc) is 2.29. The number of methoxy groups -OCH3 is 1. The first kappa shape index (κ1) is 13.7. The van der Waals surface area contributed by atoms with Crippen LogP contribution in [0.2, 0.25) is 0 Å². The molecule has 2 unspecified atom stereocenters. The molecule has 0 spiro atoms. The number of benzene rings is 1. The van der Waals surface area contributed by atoms with Crippen molar-refractivity contribution in [1.82, 2.24) is 0 Å². The van der Waals surface area contributed by atoms with Crippen molar-refractivity contribution >= 4 is 5.97 Å². The van der Waals surface area contributed by atoms with E-state index in [4.69, 9.17) is 5.73 Å². The van der Waals surface area contributed by atoms with E-state index in [0.717, 1.165) is 12.8 Å². The van der Waals surface area contributed by atoms with Crippen molar-refractivity contribution in [3.05, 3.63) is 35.9 Å². The van der Waals surface area contributed by atoms with Crippen molar-refractivity contribution in [2.24, 2.45) is 11.7 Å². The van der Waals surface area contributed by atoms with E-state index in [-0.39, 0.29) is 12.0 Å². The zero-order chi connectivity index (χ0) is 12.7. The van der Waals surface area contributed by atoms with Crippen molar-refractivity contribution in [2.45, 2.75) is 32.2 Å². The second-order valence-electron chi connectivity index (χ2n) is 4.57. The van der Waals surface area contributed by atoms with Gasteiger partial charge in [0.15, 0.2) is 0 Å². The van der Waals surface area contributed by atoms with Gasteiger partial charge in [-0.15, -0.1) is 0 Å². The largest absolute Gasteiger partial charge is 0.469 e. The summed E-state index contributed by atoms with van der Waals surface area (Å²) in [7, 11) is 1.39. The third-order valence-electron chi connectivity index (χ3n) is 2.79. The molecule has 1 rings (SSSR count). The summed E-state index contributed by atoms with van der Waals surface area (Å²) >= 11 is 0. The minimum absolute atomic E-state index is 0.110. The second kappa shape index (κ2) is 7.07. The highest BCUT2D eigenvalue weighted by atomic mass is 16.5. The molecule has 2 atom stereocenters. The number of hydrogen-bond donors (Lipinski definition) is 1. The highest BCUT2D eigenvalue weighted by molar-refractivity contribution is 5.69. The average molecular weight is 235 g/mol. The number of carbonyl (C=O) groups excluding carboxylic acids is 1. The molecule has 0 aromatic heterocycles. The molecule has 0 radical (unpaired) electrons. The van der Waals surface area contributed by atoms with Crippen molar-refractivity contribution in [2.75, 3.05) is 7.11 Å². The Morgan fingerprint density at radius 2 is 2.00 bits per heavy atom. The van der Waals surface area contributed by atoms with Gasteiger partial charge in [0, 0.05) is 6.04 Å². The Morgan fingerprint density at radius 3 is 2.59 bits per heavy atom. The highest BCUT2D eigenvalue weighted by Crippen LogP contribution is 2.14. The first-order valence-corrected chi connectivity index (χ1v) is 5.98. The monoisotopic (exact) mass is 235 g/mol. The summed E-state index contributed by atoms with van der Waals surface area (Å²) in [6.45, 7) is 2.16. The number of esters is 1. The molecule has 0 aliphatic carbocycles. The third-order valence-corrected chi connectivity index (χ3v) is 2.79. The molecular weight excluding hydrogens is 214 g/mol. The zero-order valence-electron chi connectivity index (χ0n) is 10.6. The maximum atomic E-state index is 11.1. The van der Waals surface area contributed by atoms with E-state index < -0.39 is 0 Å². The summed E-state index contributed by atoms with van der Waals surface area (Å²) in [6, 6.07) is 10.2. The number of carbonyl (C=O) groups is 1. The van der Waals surface area contributed by atoms with Crippen LogP contribution in [0.15, 0.2) is 30.3 Å². The highest BCUT2D eigenvalue weighted by Gasteiger charge is 2.13. The molecule has 0 saturated carbocycles. The molecule has 0 aliphatic heterocycles. The van der Waals surface area contributed by atoms with E-state index in [1.807, 2.05) is 18.2 Å².